The van der Waals surface area contributed by atoms with Crippen molar-refractivity contribution in [1.82, 2.24) is 0 Å². The molecule has 0 amide bonds. The fourth-order valence-electron chi connectivity index (χ4n) is 0.419. The maximum absolute atomic E-state index is 3.46. The summed E-state index contributed by atoms with van der Waals surface area (Å²) in [5.74, 6) is 0. The molecule has 1 fully saturated rings. The second-order valence-electron chi connectivity index (χ2n) is 1.36. The third-order valence-corrected chi connectivity index (χ3v) is 6.62. The van der Waals surface area contributed by atoms with Gasteiger partial charge in [-0.15, -0.1) is 35.3 Å². The van der Waals surface area contributed by atoms with E-state index < -0.39 is 0 Å². The van der Waals surface area contributed by atoms with Gasteiger partial charge in [0.15, 0.2) is 0 Å². The van der Waals surface area contributed by atoms with Gasteiger partial charge in [-0.1, -0.05) is 15.9 Å². The van der Waals surface area contributed by atoms with Crippen LogP contribution in [0.25, 0.3) is 0 Å². The Kier molecular flexibility index (Phi) is 4.16. The molecule has 0 spiro atoms. The van der Waals surface area contributed by atoms with Crippen LogP contribution >= 0.6 is 51.2 Å². The molecule has 0 nitrogen and oxygen atoms in total. The maximum atomic E-state index is 3.46. The molecule has 1 saturated heterocycles. The maximum Gasteiger partial charge on any atom is 0.0615 e. The summed E-state index contributed by atoms with van der Waals surface area (Å²) in [6.45, 7) is 0. The van der Waals surface area contributed by atoms with Gasteiger partial charge in [-0.05, 0) is 0 Å². The highest BCUT2D eigenvalue weighted by Crippen LogP contribution is 2.36. The highest BCUT2D eigenvalue weighted by atomic mass is 79.9. The Balaban J connectivity index is 2.13. The average Bonchev–Trinajstić information content (AvgIpc) is 1.90. The molecule has 0 unspecified atom stereocenters. The minimum Gasteiger partial charge on any atom is -0.140 e. The van der Waals surface area contributed by atoms with Crippen LogP contribution in [0.1, 0.15) is 0 Å². The van der Waals surface area contributed by atoms with E-state index in [9.17, 15) is 0 Å². The van der Waals surface area contributed by atoms with E-state index in [1.807, 2.05) is 35.3 Å². The molecular formula is C4H7BrS3. The monoisotopic (exact) mass is 230 g/mol. The topological polar surface area (TPSA) is 0 Å². The Morgan fingerprint density at radius 1 is 1.38 bits per heavy atom. The van der Waals surface area contributed by atoms with Crippen LogP contribution in [0.3, 0.4) is 0 Å². The SMILES string of the molecule is BrCC1SCSCS1. The number of halogens is 1. The first-order chi connectivity index (χ1) is 3.93. The molecule has 0 aliphatic carbocycles. The molecule has 0 aromatic carbocycles. The van der Waals surface area contributed by atoms with Crippen LogP contribution in [-0.2, 0) is 0 Å². The normalized spacial score (nSPS) is 23.6. The molecular weight excluding hydrogens is 224 g/mol. The van der Waals surface area contributed by atoms with E-state index in [0.717, 1.165) is 9.91 Å². The van der Waals surface area contributed by atoms with E-state index in [2.05, 4.69) is 15.9 Å². The van der Waals surface area contributed by atoms with Crippen LogP contribution in [0.2, 0.25) is 0 Å². The molecule has 1 rings (SSSR count). The predicted molar refractivity (Wildman–Crippen MR) is 50.1 cm³/mol. The van der Waals surface area contributed by atoms with Crippen LogP contribution in [0, 0.1) is 0 Å². The van der Waals surface area contributed by atoms with E-state index in [1.165, 1.54) is 10.2 Å². The van der Waals surface area contributed by atoms with Crippen molar-refractivity contribution in [3.05, 3.63) is 0 Å². The molecule has 0 saturated carbocycles. The quantitative estimate of drug-likeness (QED) is 0.637. The Morgan fingerprint density at radius 3 is 2.38 bits per heavy atom. The number of hydrogen-bond donors (Lipinski definition) is 0. The molecule has 4 heteroatoms. The second kappa shape index (κ2) is 4.36. The van der Waals surface area contributed by atoms with Gasteiger partial charge in [0.1, 0.15) is 0 Å². The molecule has 8 heavy (non-hydrogen) atoms. The lowest BCUT2D eigenvalue weighted by Crippen LogP contribution is -2.03. The molecule has 0 N–H and O–H groups in total. The molecule has 48 valence electrons. The summed E-state index contributed by atoms with van der Waals surface area (Å²) in [5, 5.41) is 3.70. The van der Waals surface area contributed by atoms with Gasteiger partial charge in [0, 0.05) is 15.5 Å². The lowest BCUT2D eigenvalue weighted by Gasteiger charge is -2.17. The van der Waals surface area contributed by atoms with Crippen molar-refractivity contribution < 1.29 is 0 Å². The summed E-state index contributed by atoms with van der Waals surface area (Å²) in [5.41, 5.74) is 0. The van der Waals surface area contributed by atoms with Gasteiger partial charge in [-0.2, -0.15) is 0 Å². The summed E-state index contributed by atoms with van der Waals surface area (Å²) in [7, 11) is 0. The molecule has 1 heterocycles. The summed E-state index contributed by atoms with van der Waals surface area (Å²) in [4.78, 5) is 0. The fraction of sp³-hybridized carbons (Fsp3) is 1.00. The molecule has 0 aromatic rings. The predicted octanol–water partition coefficient (Wildman–Crippen LogP) is 2.84. The highest BCUT2D eigenvalue weighted by Gasteiger charge is 2.11. The summed E-state index contributed by atoms with van der Waals surface area (Å²) in [6.07, 6.45) is 0. The Morgan fingerprint density at radius 2 is 2.00 bits per heavy atom. The first-order valence-corrected chi connectivity index (χ1v) is 6.68. The average molecular weight is 231 g/mol. The third-order valence-electron chi connectivity index (χ3n) is 0.801. The summed E-state index contributed by atoms with van der Waals surface area (Å²) < 4.78 is 0.816. The van der Waals surface area contributed by atoms with Crippen molar-refractivity contribution in [2.24, 2.45) is 0 Å². The standard InChI is InChI=1S/C4H7BrS3/c5-1-4-7-2-6-3-8-4/h4H,1-3H2. The van der Waals surface area contributed by atoms with Crippen LogP contribution in [0.4, 0.5) is 0 Å². The fourth-order valence-corrected chi connectivity index (χ4v) is 5.97. The van der Waals surface area contributed by atoms with Crippen molar-refractivity contribution in [3.8, 4) is 0 Å². The van der Waals surface area contributed by atoms with Crippen LogP contribution in [0.15, 0.2) is 0 Å². The van der Waals surface area contributed by atoms with Crippen LogP contribution in [-0.4, -0.2) is 20.1 Å². The smallest absolute Gasteiger partial charge is 0.0615 e. The first kappa shape index (κ1) is 7.63. The Bertz CT molecular complexity index is 62.3. The lowest BCUT2D eigenvalue weighted by atomic mass is 11.0. The molecule has 0 atom stereocenters. The molecule has 0 radical (unpaired) electrons. The van der Waals surface area contributed by atoms with Gasteiger partial charge in [-0.3, -0.25) is 0 Å². The largest absolute Gasteiger partial charge is 0.140 e. The van der Waals surface area contributed by atoms with E-state index in [4.69, 9.17) is 0 Å². The minimum absolute atomic E-state index is 0.816. The molecule has 1 aliphatic rings. The zero-order chi connectivity index (χ0) is 5.82. The van der Waals surface area contributed by atoms with E-state index in [-0.39, 0.29) is 0 Å². The zero-order valence-corrected chi connectivity index (χ0v) is 8.34. The van der Waals surface area contributed by atoms with Crippen molar-refractivity contribution >= 4 is 51.2 Å². The van der Waals surface area contributed by atoms with Gasteiger partial charge in [-0.25, -0.2) is 0 Å². The highest BCUT2D eigenvalue weighted by molar-refractivity contribution is 9.09. The molecule has 0 bridgehead atoms. The van der Waals surface area contributed by atoms with Gasteiger partial charge in [0.25, 0.3) is 0 Å². The number of alkyl halides is 1. The van der Waals surface area contributed by atoms with E-state index in [0.29, 0.717) is 0 Å². The van der Waals surface area contributed by atoms with Crippen LogP contribution in [0.5, 0.6) is 0 Å². The molecule has 1 aliphatic heterocycles. The Hall–Kier alpha value is 1.53. The van der Waals surface area contributed by atoms with E-state index in [1.54, 1.807) is 0 Å². The Labute approximate surface area is 71.1 Å². The van der Waals surface area contributed by atoms with Gasteiger partial charge >= 0.3 is 0 Å². The number of thioether (sulfide) groups is 3. The molecule has 0 aromatic heterocycles. The van der Waals surface area contributed by atoms with Gasteiger partial charge in [0.2, 0.25) is 0 Å². The number of rotatable bonds is 1. The van der Waals surface area contributed by atoms with Crippen molar-refractivity contribution in [3.63, 3.8) is 0 Å². The first-order valence-electron chi connectivity index (χ1n) is 2.30. The second-order valence-corrected chi connectivity index (χ2v) is 6.40. The van der Waals surface area contributed by atoms with Crippen molar-refractivity contribution in [2.75, 3.05) is 15.5 Å². The van der Waals surface area contributed by atoms with Crippen molar-refractivity contribution in [2.45, 2.75) is 4.58 Å². The van der Waals surface area contributed by atoms with Gasteiger partial charge in [0.05, 0.1) is 4.58 Å². The number of hydrogen-bond acceptors (Lipinski definition) is 3. The van der Waals surface area contributed by atoms with Crippen molar-refractivity contribution in [1.29, 1.82) is 0 Å². The van der Waals surface area contributed by atoms with Gasteiger partial charge < -0.3 is 0 Å². The lowest BCUT2D eigenvalue weighted by molar-refractivity contribution is 1.47. The zero-order valence-electron chi connectivity index (χ0n) is 4.30. The van der Waals surface area contributed by atoms with Crippen LogP contribution < -0.4 is 0 Å². The van der Waals surface area contributed by atoms with E-state index >= 15 is 0 Å². The summed E-state index contributed by atoms with van der Waals surface area (Å²) in [6, 6.07) is 0. The minimum atomic E-state index is 0.816. The summed E-state index contributed by atoms with van der Waals surface area (Å²) >= 11 is 9.56. The third kappa shape index (κ3) is 2.42.